The van der Waals surface area contributed by atoms with Crippen molar-refractivity contribution in [2.45, 2.75) is 26.5 Å². The summed E-state index contributed by atoms with van der Waals surface area (Å²) in [5, 5.41) is 4.14. The van der Waals surface area contributed by atoms with Gasteiger partial charge in [0.1, 0.15) is 12.4 Å². The molecule has 0 saturated carbocycles. The van der Waals surface area contributed by atoms with Gasteiger partial charge in [-0.1, -0.05) is 54.9 Å². The van der Waals surface area contributed by atoms with Crippen LogP contribution in [0.25, 0.3) is 0 Å². The van der Waals surface area contributed by atoms with Crippen LogP contribution in [0.4, 0.5) is 0 Å². The van der Waals surface area contributed by atoms with Crippen LogP contribution >= 0.6 is 24.0 Å². The van der Waals surface area contributed by atoms with Crippen molar-refractivity contribution in [2.75, 3.05) is 6.54 Å². The van der Waals surface area contributed by atoms with Crippen LogP contribution in [-0.4, -0.2) is 6.54 Å². The number of benzene rings is 2. The normalized spacial score (nSPS) is 10.0. The molecule has 4 heteroatoms. The fourth-order valence-electron chi connectivity index (χ4n) is 1.96. The van der Waals surface area contributed by atoms with Gasteiger partial charge in [0.25, 0.3) is 0 Å². The predicted octanol–water partition coefficient (Wildman–Crippen LogP) is 4.84. The monoisotopic (exact) mass is 325 g/mol. The molecule has 2 rings (SSSR count). The van der Waals surface area contributed by atoms with Crippen LogP contribution in [-0.2, 0) is 13.2 Å². The molecule has 0 saturated heterocycles. The minimum atomic E-state index is 0. The van der Waals surface area contributed by atoms with Crippen molar-refractivity contribution in [2.24, 2.45) is 0 Å². The van der Waals surface area contributed by atoms with Crippen LogP contribution in [0.1, 0.15) is 24.5 Å². The SMILES string of the molecule is CCCNCc1ccccc1OCc1ccccc1Cl.Cl. The summed E-state index contributed by atoms with van der Waals surface area (Å²) in [6.07, 6.45) is 1.13. The molecule has 0 aromatic heterocycles. The molecule has 0 spiro atoms. The smallest absolute Gasteiger partial charge is 0.124 e. The molecule has 21 heavy (non-hydrogen) atoms. The minimum Gasteiger partial charge on any atom is -0.489 e. The summed E-state index contributed by atoms with van der Waals surface area (Å²) in [5.41, 5.74) is 2.18. The number of hydrogen-bond acceptors (Lipinski definition) is 2. The van der Waals surface area contributed by atoms with Crippen molar-refractivity contribution in [1.29, 1.82) is 0 Å². The quantitative estimate of drug-likeness (QED) is 0.735. The minimum absolute atomic E-state index is 0. The zero-order valence-corrected chi connectivity index (χ0v) is 13.7. The second kappa shape index (κ2) is 9.67. The van der Waals surface area contributed by atoms with Crippen molar-refractivity contribution >= 4 is 24.0 Å². The Morgan fingerprint density at radius 3 is 2.38 bits per heavy atom. The van der Waals surface area contributed by atoms with Gasteiger partial charge in [-0.25, -0.2) is 0 Å². The van der Waals surface area contributed by atoms with E-state index in [0.29, 0.717) is 6.61 Å². The van der Waals surface area contributed by atoms with Gasteiger partial charge in [0, 0.05) is 22.7 Å². The van der Waals surface area contributed by atoms with Gasteiger partial charge in [-0.15, -0.1) is 12.4 Å². The lowest BCUT2D eigenvalue weighted by Gasteiger charge is -2.12. The number of ether oxygens (including phenoxy) is 1. The van der Waals surface area contributed by atoms with E-state index in [1.54, 1.807) is 0 Å². The second-order valence-electron chi connectivity index (χ2n) is 4.66. The van der Waals surface area contributed by atoms with Crippen LogP contribution in [0, 0.1) is 0 Å². The Bertz CT molecular complexity index is 546. The Hall–Kier alpha value is -1.22. The highest BCUT2D eigenvalue weighted by Gasteiger charge is 2.04. The highest BCUT2D eigenvalue weighted by molar-refractivity contribution is 6.31. The zero-order valence-electron chi connectivity index (χ0n) is 12.1. The lowest BCUT2D eigenvalue weighted by Crippen LogP contribution is -2.14. The summed E-state index contributed by atoms with van der Waals surface area (Å²) >= 11 is 6.14. The third-order valence-corrected chi connectivity index (χ3v) is 3.42. The van der Waals surface area contributed by atoms with E-state index >= 15 is 0 Å². The van der Waals surface area contributed by atoms with Gasteiger partial charge < -0.3 is 10.1 Å². The van der Waals surface area contributed by atoms with Crippen molar-refractivity contribution in [3.63, 3.8) is 0 Å². The predicted molar refractivity (Wildman–Crippen MR) is 91.5 cm³/mol. The number of nitrogens with one attached hydrogen (secondary N) is 1. The van der Waals surface area contributed by atoms with Crippen LogP contribution in [0.5, 0.6) is 5.75 Å². The van der Waals surface area contributed by atoms with E-state index < -0.39 is 0 Å². The van der Waals surface area contributed by atoms with Crippen LogP contribution in [0.15, 0.2) is 48.5 Å². The molecule has 0 aliphatic carbocycles. The number of rotatable bonds is 7. The van der Waals surface area contributed by atoms with E-state index in [9.17, 15) is 0 Å². The van der Waals surface area contributed by atoms with Crippen molar-refractivity contribution in [3.8, 4) is 5.75 Å². The van der Waals surface area contributed by atoms with E-state index in [1.165, 1.54) is 5.56 Å². The molecule has 0 heterocycles. The maximum Gasteiger partial charge on any atom is 0.124 e. The molecule has 0 aliphatic heterocycles. The Balaban J connectivity index is 0.00000220. The highest BCUT2D eigenvalue weighted by atomic mass is 35.5. The molecule has 2 aromatic rings. The fraction of sp³-hybridized carbons (Fsp3) is 0.294. The molecule has 0 unspecified atom stereocenters. The first-order valence-corrected chi connectivity index (χ1v) is 7.34. The van der Waals surface area contributed by atoms with Crippen LogP contribution < -0.4 is 10.1 Å². The fourth-order valence-corrected chi connectivity index (χ4v) is 2.15. The molecule has 0 atom stereocenters. The molecule has 0 amide bonds. The van der Waals surface area contributed by atoms with Gasteiger partial charge in [-0.2, -0.15) is 0 Å². The summed E-state index contributed by atoms with van der Waals surface area (Å²) < 4.78 is 5.91. The van der Waals surface area contributed by atoms with Gasteiger partial charge in [0.2, 0.25) is 0 Å². The maximum atomic E-state index is 6.14. The molecule has 2 aromatic carbocycles. The first-order chi connectivity index (χ1) is 9.81. The van der Waals surface area contributed by atoms with Gasteiger partial charge in [-0.3, -0.25) is 0 Å². The standard InChI is InChI=1S/C17H20ClNO.ClH/c1-2-11-19-12-14-7-4-6-10-17(14)20-13-15-8-3-5-9-16(15)18;/h3-10,19H,2,11-13H2,1H3;1H. The maximum absolute atomic E-state index is 6.14. The molecule has 0 fully saturated rings. The molecule has 0 radical (unpaired) electrons. The van der Waals surface area contributed by atoms with E-state index in [4.69, 9.17) is 16.3 Å². The van der Waals surface area contributed by atoms with Gasteiger partial charge in [0.05, 0.1) is 0 Å². The summed E-state index contributed by atoms with van der Waals surface area (Å²) in [5.74, 6) is 0.913. The van der Waals surface area contributed by atoms with E-state index in [0.717, 1.165) is 35.8 Å². The van der Waals surface area contributed by atoms with Crippen LogP contribution in [0.3, 0.4) is 0 Å². The van der Waals surface area contributed by atoms with E-state index in [1.807, 2.05) is 42.5 Å². The number of para-hydroxylation sites is 1. The lowest BCUT2D eigenvalue weighted by atomic mass is 10.2. The average molecular weight is 326 g/mol. The van der Waals surface area contributed by atoms with Gasteiger partial charge in [-0.05, 0) is 25.1 Å². The Morgan fingerprint density at radius 1 is 1.00 bits per heavy atom. The first-order valence-electron chi connectivity index (χ1n) is 6.96. The summed E-state index contributed by atoms with van der Waals surface area (Å²) in [6.45, 7) is 4.49. The lowest BCUT2D eigenvalue weighted by molar-refractivity contribution is 0.302. The molecule has 0 aliphatic rings. The number of halogens is 2. The molecule has 114 valence electrons. The Labute approximate surface area is 137 Å². The zero-order chi connectivity index (χ0) is 14.2. The molecule has 2 nitrogen and oxygen atoms in total. The Kier molecular flexibility index (Phi) is 8.21. The van der Waals surface area contributed by atoms with Gasteiger partial charge >= 0.3 is 0 Å². The number of hydrogen-bond donors (Lipinski definition) is 1. The van der Waals surface area contributed by atoms with Crippen molar-refractivity contribution in [1.82, 2.24) is 5.32 Å². The third-order valence-electron chi connectivity index (χ3n) is 3.06. The second-order valence-corrected chi connectivity index (χ2v) is 5.07. The third kappa shape index (κ3) is 5.58. The summed E-state index contributed by atoms with van der Waals surface area (Å²) in [7, 11) is 0. The van der Waals surface area contributed by atoms with E-state index in [-0.39, 0.29) is 12.4 Å². The highest BCUT2D eigenvalue weighted by Crippen LogP contribution is 2.21. The molecule has 1 N–H and O–H groups in total. The molecular formula is C17H21Cl2NO. The van der Waals surface area contributed by atoms with Gasteiger partial charge in [0.15, 0.2) is 0 Å². The summed E-state index contributed by atoms with van der Waals surface area (Å²) in [6, 6.07) is 15.9. The summed E-state index contributed by atoms with van der Waals surface area (Å²) in [4.78, 5) is 0. The average Bonchev–Trinajstić information content (AvgIpc) is 2.48. The molecular weight excluding hydrogens is 305 g/mol. The topological polar surface area (TPSA) is 21.3 Å². The van der Waals surface area contributed by atoms with Crippen LogP contribution in [0.2, 0.25) is 5.02 Å². The molecule has 0 bridgehead atoms. The first kappa shape index (κ1) is 17.8. The Morgan fingerprint density at radius 2 is 1.67 bits per heavy atom. The largest absolute Gasteiger partial charge is 0.489 e. The van der Waals surface area contributed by atoms with Crippen molar-refractivity contribution in [3.05, 3.63) is 64.7 Å². The van der Waals surface area contributed by atoms with E-state index in [2.05, 4.69) is 18.3 Å². The van der Waals surface area contributed by atoms with Crippen molar-refractivity contribution < 1.29 is 4.74 Å².